The third kappa shape index (κ3) is 4.94. The second kappa shape index (κ2) is 7.72. The highest BCUT2D eigenvalue weighted by Gasteiger charge is 2.25. The third-order valence-electron chi connectivity index (χ3n) is 4.07. The van der Waals surface area contributed by atoms with E-state index in [0.717, 1.165) is 25.9 Å². The normalized spacial score (nSPS) is 22.9. The lowest BCUT2D eigenvalue weighted by Gasteiger charge is -2.31. The first-order chi connectivity index (χ1) is 10.1. The summed E-state index contributed by atoms with van der Waals surface area (Å²) in [6, 6.07) is -0.228. The Labute approximate surface area is 125 Å². The van der Waals surface area contributed by atoms with Crippen molar-refractivity contribution < 1.29 is 14.3 Å². The summed E-state index contributed by atoms with van der Waals surface area (Å²) < 4.78 is 5.22. The molecular weight excluding hydrogens is 272 g/mol. The van der Waals surface area contributed by atoms with Gasteiger partial charge >= 0.3 is 0 Å². The fourth-order valence-electron chi connectivity index (χ4n) is 2.72. The molecule has 0 bridgehead atoms. The van der Waals surface area contributed by atoms with Crippen molar-refractivity contribution in [2.24, 2.45) is 5.73 Å². The van der Waals surface area contributed by atoms with E-state index in [9.17, 15) is 9.59 Å². The molecule has 120 valence electrons. The molecule has 2 aliphatic heterocycles. The van der Waals surface area contributed by atoms with Crippen LogP contribution in [0.15, 0.2) is 0 Å². The van der Waals surface area contributed by atoms with Crippen molar-refractivity contribution in [2.45, 2.75) is 31.8 Å². The standard InChI is InChI=1S/C14H26N4O3/c1-11(14(20)18-6-8-21-9-7-18)16-13(19)10-17-4-2-12(15)3-5-17/h11-12H,2-10,15H2,1H3,(H,16,19). The van der Waals surface area contributed by atoms with Gasteiger partial charge in [0.15, 0.2) is 0 Å². The first-order valence-electron chi connectivity index (χ1n) is 7.70. The van der Waals surface area contributed by atoms with Crippen molar-refractivity contribution in [3.8, 4) is 0 Å². The van der Waals surface area contributed by atoms with Crippen LogP contribution in [0.4, 0.5) is 0 Å². The summed E-state index contributed by atoms with van der Waals surface area (Å²) in [7, 11) is 0. The molecule has 2 aliphatic rings. The summed E-state index contributed by atoms with van der Waals surface area (Å²) in [5.74, 6) is -0.133. The van der Waals surface area contributed by atoms with Crippen molar-refractivity contribution in [3.63, 3.8) is 0 Å². The molecule has 0 saturated carbocycles. The van der Waals surface area contributed by atoms with Gasteiger partial charge in [-0.1, -0.05) is 0 Å². The highest BCUT2D eigenvalue weighted by atomic mass is 16.5. The molecule has 0 spiro atoms. The summed E-state index contributed by atoms with van der Waals surface area (Å²) in [6.07, 6.45) is 1.85. The minimum Gasteiger partial charge on any atom is -0.378 e. The quantitative estimate of drug-likeness (QED) is 0.679. The first-order valence-corrected chi connectivity index (χ1v) is 7.70. The Morgan fingerprint density at radius 2 is 1.86 bits per heavy atom. The van der Waals surface area contributed by atoms with Crippen LogP contribution in [0.3, 0.4) is 0 Å². The van der Waals surface area contributed by atoms with Gasteiger partial charge in [-0.25, -0.2) is 0 Å². The molecule has 2 saturated heterocycles. The molecule has 21 heavy (non-hydrogen) atoms. The van der Waals surface area contributed by atoms with Crippen LogP contribution in [0.2, 0.25) is 0 Å². The monoisotopic (exact) mass is 298 g/mol. The Morgan fingerprint density at radius 1 is 1.24 bits per heavy atom. The summed E-state index contributed by atoms with van der Waals surface area (Å²) in [5, 5.41) is 2.79. The Hall–Kier alpha value is -1.18. The van der Waals surface area contributed by atoms with Gasteiger partial charge in [-0.3, -0.25) is 14.5 Å². The van der Waals surface area contributed by atoms with E-state index in [0.29, 0.717) is 32.8 Å². The van der Waals surface area contributed by atoms with Gasteiger partial charge in [-0.05, 0) is 19.8 Å². The van der Waals surface area contributed by atoms with Crippen LogP contribution in [-0.2, 0) is 14.3 Å². The molecule has 7 nitrogen and oxygen atoms in total. The molecule has 0 radical (unpaired) electrons. The zero-order chi connectivity index (χ0) is 15.2. The van der Waals surface area contributed by atoms with Crippen LogP contribution in [0, 0.1) is 0 Å². The molecule has 0 aromatic carbocycles. The molecule has 7 heteroatoms. The average Bonchev–Trinajstić information content (AvgIpc) is 2.49. The number of carbonyl (C=O) groups excluding carboxylic acids is 2. The summed E-state index contributed by atoms with van der Waals surface area (Å²) in [6.45, 7) is 6.11. The number of hydrogen-bond acceptors (Lipinski definition) is 5. The summed E-state index contributed by atoms with van der Waals surface area (Å²) >= 11 is 0. The van der Waals surface area contributed by atoms with Crippen LogP contribution in [0.5, 0.6) is 0 Å². The maximum atomic E-state index is 12.2. The van der Waals surface area contributed by atoms with E-state index >= 15 is 0 Å². The lowest BCUT2D eigenvalue weighted by atomic mass is 10.1. The van der Waals surface area contributed by atoms with Crippen LogP contribution in [0.25, 0.3) is 0 Å². The number of amides is 2. The highest BCUT2D eigenvalue weighted by Crippen LogP contribution is 2.07. The number of nitrogens with zero attached hydrogens (tertiary/aromatic N) is 2. The molecule has 2 rings (SSSR count). The maximum absolute atomic E-state index is 12.2. The number of morpholine rings is 1. The minimum absolute atomic E-state index is 0.0349. The fourth-order valence-corrected chi connectivity index (χ4v) is 2.72. The smallest absolute Gasteiger partial charge is 0.245 e. The lowest BCUT2D eigenvalue weighted by molar-refractivity contribution is -0.139. The van der Waals surface area contributed by atoms with Gasteiger partial charge in [0.05, 0.1) is 19.8 Å². The number of likely N-dealkylation sites (tertiary alicyclic amines) is 1. The van der Waals surface area contributed by atoms with E-state index in [1.54, 1.807) is 11.8 Å². The van der Waals surface area contributed by atoms with Crippen LogP contribution in [-0.4, -0.2) is 79.6 Å². The highest BCUT2D eigenvalue weighted by molar-refractivity contribution is 5.88. The summed E-state index contributed by atoms with van der Waals surface area (Å²) in [5.41, 5.74) is 5.84. The molecule has 0 aliphatic carbocycles. The fraction of sp³-hybridized carbons (Fsp3) is 0.857. The number of hydrogen-bond donors (Lipinski definition) is 2. The molecule has 2 fully saturated rings. The van der Waals surface area contributed by atoms with E-state index in [4.69, 9.17) is 10.5 Å². The average molecular weight is 298 g/mol. The largest absolute Gasteiger partial charge is 0.378 e. The molecule has 1 atom stereocenters. The number of rotatable bonds is 4. The Bertz CT molecular complexity index is 363. The molecule has 3 N–H and O–H groups in total. The Balaban J connectivity index is 1.72. The van der Waals surface area contributed by atoms with Gasteiger partial charge in [-0.2, -0.15) is 0 Å². The molecule has 2 heterocycles. The second-order valence-electron chi connectivity index (χ2n) is 5.84. The second-order valence-corrected chi connectivity index (χ2v) is 5.84. The van der Waals surface area contributed by atoms with E-state index in [1.165, 1.54) is 0 Å². The van der Waals surface area contributed by atoms with E-state index in [2.05, 4.69) is 10.2 Å². The zero-order valence-corrected chi connectivity index (χ0v) is 12.7. The predicted octanol–water partition coefficient (Wildman–Crippen LogP) is -1.23. The zero-order valence-electron chi connectivity index (χ0n) is 12.7. The number of nitrogens with two attached hydrogens (primary N) is 1. The van der Waals surface area contributed by atoms with E-state index in [-0.39, 0.29) is 17.9 Å². The molecule has 2 amide bonds. The van der Waals surface area contributed by atoms with Crippen molar-refractivity contribution in [1.82, 2.24) is 15.1 Å². The minimum atomic E-state index is -0.484. The van der Waals surface area contributed by atoms with Gasteiger partial charge in [-0.15, -0.1) is 0 Å². The third-order valence-corrected chi connectivity index (χ3v) is 4.07. The number of nitrogens with one attached hydrogen (secondary N) is 1. The van der Waals surface area contributed by atoms with Crippen molar-refractivity contribution in [1.29, 1.82) is 0 Å². The first kappa shape index (κ1) is 16.2. The molecule has 0 aromatic heterocycles. The van der Waals surface area contributed by atoms with Gasteiger partial charge < -0.3 is 20.7 Å². The predicted molar refractivity (Wildman–Crippen MR) is 78.7 cm³/mol. The molecular formula is C14H26N4O3. The summed E-state index contributed by atoms with van der Waals surface area (Å²) in [4.78, 5) is 28.0. The van der Waals surface area contributed by atoms with Crippen LogP contribution in [0.1, 0.15) is 19.8 Å². The number of piperidine rings is 1. The Kier molecular flexibility index (Phi) is 5.96. The lowest BCUT2D eigenvalue weighted by Crippen LogP contribution is -2.52. The van der Waals surface area contributed by atoms with E-state index in [1.807, 2.05) is 0 Å². The molecule has 0 aromatic rings. The van der Waals surface area contributed by atoms with Crippen molar-refractivity contribution in [2.75, 3.05) is 45.9 Å². The van der Waals surface area contributed by atoms with Gasteiger partial charge in [0.25, 0.3) is 0 Å². The number of carbonyl (C=O) groups is 2. The SMILES string of the molecule is CC(NC(=O)CN1CCC(N)CC1)C(=O)N1CCOCC1. The van der Waals surface area contributed by atoms with Crippen molar-refractivity contribution >= 4 is 11.8 Å². The van der Waals surface area contributed by atoms with Crippen LogP contribution >= 0.6 is 0 Å². The van der Waals surface area contributed by atoms with E-state index < -0.39 is 6.04 Å². The van der Waals surface area contributed by atoms with Gasteiger partial charge in [0, 0.05) is 32.2 Å². The maximum Gasteiger partial charge on any atom is 0.245 e. The molecule has 1 unspecified atom stereocenters. The van der Waals surface area contributed by atoms with Gasteiger partial charge in [0.2, 0.25) is 11.8 Å². The van der Waals surface area contributed by atoms with Crippen molar-refractivity contribution in [3.05, 3.63) is 0 Å². The topological polar surface area (TPSA) is 87.9 Å². The van der Waals surface area contributed by atoms with Crippen LogP contribution < -0.4 is 11.1 Å². The van der Waals surface area contributed by atoms with Gasteiger partial charge in [0.1, 0.15) is 6.04 Å². The Morgan fingerprint density at radius 3 is 2.48 bits per heavy atom. The number of ether oxygens (including phenoxy) is 1.